The van der Waals surface area contributed by atoms with Crippen LogP contribution in [0.15, 0.2) is 54.7 Å². The van der Waals surface area contributed by atoms with E-state index in [0.717, 1.165) is 22.9 Å². The van der Waals surface area contributed by atoms with Crippen LogP contribution in [-0.2, 0) is 23.9 Å². The van der Waals surface area contributed by atoms with Crippen molar-refractivity contribution in [1.82, 2.24) is 14.8 Å². The molecule has 0 aliphatic rings. The number of nitriles is 1. The van der Waals surface area contributed by atoms with E-state index >= 15 is 0 Å². The highest BCUT2D eigenvalue weighted by Gasteiger charge is 2.39. The molecule has 7 nitrogen and oxygen atoms in total. The Labute approximate surface area is 250 Å². The van der Waals surface area contributed by atoms with Gasteiger partial charge in [0.25, 0.3) is 0 Å². The van der Waals surface area contributed by atoms with Crippen molar-refractivity contribution in [2.75, 3.05) is 19.0 Å². The van der Waals surface area contributed by atoms with Crippen LogP contribution in [0.5, 0.6) is 0 Å². The Hall–Kier alpha value is -4.92. The number of hydrogen-bond acceptors (Lipinski definition) is 6. The van der Waals surface area contributed by atoms with E-state index in [0.29, 0.717) is 28.1 Å². The van der Waals surface area contributed by atoms with Gasteiger partial charge in [-0.3, -0.25) is 19.3 Å². The molecule has 4 aromatic rings. The number of hydrogen-bond donors (Lipinski definition) is 0. The molecule has 44 heavy (non-hydrogen) atoms. The number of halogens is 5. The van der Waals surface area contributed by atoms with Gasteiger partial charge in [0, 0.05) is 55.5 Å². The van der Waals surface area contributed by atoms with Gasteiger partial charge in [0.2, 0.25) is 0 Å². The number of aromatic nitrogens is 3. The average molecular weight is 610 g/mol. The van der Waals surface area contributed by atoms with Gasteiger partial charge in [-0.2, -0.15) is 23.5 Å². The number of carbonyl (C=O) groups excluding carboxylic acids is 2. The Kier molecular flexibility index (Phi) is 9.27. The number of ketones is 2. The molecule has 228 valence electrons. The van der Waals surface area contributed by atoms with Crippen molar-refractivity contribution >= 4 is 17.3 Å². The van der Waals surface area contributed by atoms with Crippen molar-refractivity contribution in [3.05, 3.63) is 100 Å². The van der Waals surface area contributed by atoms with Crippen LogP contribution in [0.1, 0.15) is 57.8 Å². The summed E-state index contributed by atoms with van der Waals surface area (Å²) in [4.78, 5) is 32.2. The van der Waals surface area contributed by atoms with Gasteiger partial charge in [-0.1, -0.05) is 12.1 Å². The number of alkyl halides is 3. The minimum atomic E-state index is -4.89. The zero-order chi connectivity index (χ0) is 32.3. The zero-order valence-electron chi connectivity index (χ0n) is 24.3. The number of carbonyl (C=O) groups is 2. The van der Waals surface area contributed by atoms with Crippen LogP contribution in [-0.4, -0.2) is 40.4 Å². The second-order valence-electron chi connectivity index (χ2n) is 10.6. The van der Waals surface area contributed by atoms with Gasteiger partial charge < -0.3 is 4.90 Å². The molecule has 0 N–H and O–H groups in total. The monoisotopic (exact) mass is 609 g/mol. The molecule has 0 unspecified atom stereocenters. The summed E-state index contributed by atoms with van der Waals surface area (Å²) < 4.78 is 69.4. The number of nitrogens with zero attached hydrogens (tertiary/aromatic N) is 5. The number of anilines is 1. The normalized spacial score (nSPS) is 12.1. The van der Waals surface area contributed by atoms with Gasteiger partial charge >= 0.3 is 6.18 Å². The molecule has 2 aromatic carbocycles. The average Bonchev–Trinajstić information content (AvgIpc) is 3.26. The number of rotatable bonds is 10. The first kappa shape index (κ1) is 32.0. The topological polar surface area (TPSA) is 91.9 Å². The summed E-state index contributed by atoms with van der Waals surface area (Å²) in [6.07, 6.45) is -3.71. The molecule has 2 heterocycles. The second kappa shape index (κ2) is 12.8. The summed E-state index contributed by atoms with van der Waals surface area (Å²) >= 11 is 0. The van der Waals surface area contributed by atoms with Gasteiger partial charge in [0.1, 0.15) is 23.3 Å². The fraction of sp³-hybridized carbons (Fsp3) is 0.281. The van der Waals surface area contributed by atoms with Crippen LogP contribution in [0.25, 0.3) is 11.1 Å². The molecule has 0 saturated carbocycles. The molecule has 0 aliphatic heterocycles. The number of Topliss-reactive ketones (excluding diaryl/α,β-unsaturated/α-hetero) is 2. The Morgan fingerprint density at radius 1 is 1.07 bits per heavy atom. The number of benzene rings is 2. The van der Waals surface area contributed by atoms with Crippen molar-refractivity contribution in [3.8, 4) is 17.2 Å². The molecule has 12 heteroatoms. The van der Waals surface area contributed by atoms with Crippen LogP contribution < -0.4 is 4.90 Å². The van der Waals surface area contributed by atoms with E-state index in [2.05, 4.69) is 10.1 Å². The van der Waals surface area contributed by atoms with E-state index in [1.165, 1.54) is 26.1 Å². The van der Waals surface area contributed by atoms with Gasteiger partial charge in [0.15, 0.2) is 17.3 Å². The highest BCUT2D eigenvalue weighted by Crippen LogP contribution is 2.36. The molecule has 0 aliphatic carbocycles. The highest BCUT2D eigenvalue weighted by molar-refractivity contribution is 6.01. The second-order valence-corrected chi connectivity index (χ2v) is 10.6. The third-order valence-electron chi connectivity index (χ3n) is 7.19. The minimum Gasteiger partial charge on any atom is -0.377 e. The first-order valence-electron chi connectivity index (χ1n) is 13.5. The van der Waals surface area contributed by atoms with E-state index in [9.17, 15) is 36.8 Å². The predicted octanol–water partition coefficient (Wildman–Crippen LogP) is 6.68. The molecule has 4 rings (SSSR count). The summed E-state index contributed by atoms with van der Waals surface area (Å²) in [5.74, 6) is -3.12. The molecule has 2 aromatic heterocycles. The van der Waals surface area contributed by atoms with E-state index in [-0.39, 0.29) is 29.9 Å². The third kappa shape index (κ3) is 6.99. The molecule has 0 spiro atoms. The van der Waals surface area contributed by atoms with Crippen LogP contribution in [0.3, 0.4) is 0 Å². The lowest BCUT2D eigenvalue weighted by atomic mass is 9.86. The molecule has 0 bridgehead atoms. The van der Waals surface area contributed by atoms with Crippen LogP contribution >= 0.6 is 0 Å². The number of pyridine rings is 1. The largest absolute Gasteiger partial charge is 0.436 e. The highest BCUT2D eigenvalue weighted by atomic mass is 19.4. The van der Waals surface area contributed by atoms with Crippen molar-refractivity contribution in [2.45, 2.75) is 45.3 Å². The lowest BCUT2D eigenvalue weighted by Gasteiger charge is -2.21. The van der Waals surface area contributed by atoms with Crippen molar-refractivity contribution in [2.24, 2.45) is 0 Å². The fourth-order valence-electron chi connectivity index (χ4n) is 5.18. The molecule has 0 saturated heterocycles. The first-order chi connectivity index (χ1) is 20.7. The first-order valence-corrected chi connectivity index (χ1v) is 13.5. The SMILES string of the molecule is CC(=O)c1cc(-c2cccnc2[C@@H](CC(=O)Cn2nc(C(F)(F)F)c(C#N)c2C)Cc2cc(F)cc(F)c2)ccc1N(C)C. The molecule has 0 fully saturated rings. The molecule has 0 radical (unpaired) electrons. The summed E-state index contributed by atoms with van der Waals surface area (Å²) in [6, 6.07) is 13.2. The van der Waals surface area contributed by atoms with Crippen molar-refractivity contribution in [3.63, 3.8) is 0 Å². The molecule has 0 amide bonds. The van der Waals surface area contributed by atoms with Gasteiger partial charge in [0.05, 0.1) is 17.9 Å². The van der Waals surface area contributed by atoms with E-state index < -0.39 is 47.3 Å². The van der Waals surface area contributed by atoms with E-state index in [1.54, 1.807) is 49.3 Å². The maximum absolute atomic E-state index is 14.1. The van der Waals surface area contributed by atoms with Gasteiger partial charge in [-0.25, -0.2) is 8.78 Å². The minimum absolute atomic E-state index is 0.0326. The lowest BCUT2D eigenvalue weighted by molar-refractivity contribution is -0.142. The van der Waals surface area contributed by atoms with Crippen LogP contribution in [0, 0.1) is 29.9 Å². The third-order valence-corrected chi connectivity index (χ3v) is 7.19. The quantitative estimate of drug-likeness (QED) is 0.147. The molecular formula is C32H28F5N5O2. The Bertz CT molecular complexity index is 1750. The van der Waals surface area contributed by atoms with Crippen LogP contribution in [0.4, 0.5) is 27.6 Å². The summed E-state index contributed by atoms with van der Waals surface area (Å²) in [5, 5.41) is 12.8. The molecule has 1 atom stereocenters. The Morgan fingerprint density at radius 3 is 2.32 bits per heavy atom. The maximum Gasteiger partial charge on any atom is 0.436 e. The smallest absolute Gasteiger partial charge is 0.377 e. The Morgan fingerprint density at radius 2 is 1.75 bits per heavy atom. The van der Waals surface area contributed by atoms with Crippen molar-refractivity contribution in [1.29, 1.82) is 5.26 Å². The molecular weight excluding hydrogens is 581 g/mol. The summed E-state index contributed by atoms with van der Waals surface area (Å²) in [7, 11) is 3.60. The summed E-state index contributed by atoms with van der Waals surface area (Å²) in [6.45, 7) is 2.14. The van der Waals surface area contributed by atoms with Crippen molar-refractivity contribution < 1.29 is 31.5 Å². The predicted molar refractivity (Wildman–Crippen MR) is 153 cm³/mol. The van der Waals surface area contributed by atoms with Gasteiger partial charge in [-0.05, 0) is 61.7 Å². The fourth-order valence-corrected chi connectivity index (χ4v) is 5.18. The standard InChI is InChI=1S/C32H28F5N5O2/c1-18-28(16-38)31(32(35,36)37)40-42(18)17-25(44)13-22(10-20-11-23(33)15-24(34)12-20)30-26(6-5-9-39-30)21-7-8-29(41(3)4)27(14-21)19(2)43/h5-9,11-12,14-15,22H,10,13,17H2,1-4H3/t22-/m1/s1. The van der Waals surface area contributed by atoms with E-state index in [4.69, 9.17) is 0 Å². The van der Waals surface area contributed by atoms with Gasteiger partial charge in [-0.15, -0.1) is 0 Å². The maximum atomic E-state index is 14.1. The lowest BCUT2D eigenvalue weighted by Crippen LogP contribution is -2.19. The Balaban J connectivity index is 1.77. The summed E-state index contributed by atoms with van der Waals surface area (Å²) in [5.41, 5.74) is 0.781. The van der Waals surface area contributed by atoms with Crippen LogP contribution in [0.2, 0.25) is 0 Å². The zero-order valence-corrected chi connectivity index (χ0v) is 24.3. The van der Waals surface area contributed by atoms with E-state index in [1.807, 2.05) is 0 Å².